The molecule has 1 fully saturated rings. The van der Waals surface area contributed by atoms with Gasteiger partial charge in [0.1, 0.15) is 0 Å². The van der Waals surface area contributed by atoms with E-state index in [1.54, 1.807) is 0 Å². The lowest BCUT2D eigenvalue weighted by Crippen LogP contribution is -2.40. The van der Waals surface area contributed by atoms with Crippen LogP contribution in [0.5, 0.6) is 0 Å². The van der Waals surface area contributed by atoms with Gasteiger partial charge in [-0.15, -0.1) is 0 Å². The van der Waals surface area contributed by atoms with Crippen molar-refractivity contribution in [2.45, 2.75) is 57.9 Å². The SMILES string of the molecule is CCNC(=NCCCc1ccccc1)NCCC(=O)NC1CCCC1. The molecule has 1 aliphatic carbocycles. The number of aryl methyl sites for hydroxylation is 1. The zero-order chi connectivity index (χ0) is 17.7. The number of aliphatic imine (C=N–C) groups is 1. The van der Waals surface area contributed by atoms with E-state index in [0.717, 1.165) is 44.7 Å². The van der Waals surface area contributed by atoms with Gasteiger partial charge < -0.3 is 16.0 Å². The van der Waals surface area contributed by atoms with Crippen molar-refractivity contribution in [2.75, 3.05) is 19.6 Å². The minimum absolute atomic E-state index is 0.138. The molecule has 5 nitrogen and oxygen atoms in total. The third-order valence-corrected chi connectivity index (χ3v) is 4.45. The first kappa shape index (κ1) is 19.3. The van der Waals surface area contributed by atoms with Gasteiger partial charge in [-0.1, -0.05) is 43.2 Å². The highest BCUT2D eigenvalue weighted by atomic mass is 16.1. The van der Waals surface area contributed by atoms with E-state index in [1.807, 2.05) is 13.0 Å². The molecule has 2 rings (SSSR count). The van der Waals surface area contributed by atoms with Crippen LogP contribution < -0.4 is 16.0 Å². The molecule has 0 bridgehead atoms. The maximum absolute atomic E-state index is 11.9. The normalized spacial score (nSPS) is 15.2. The monoisotopic (exact) mass is 344 g/mol. The Kier molecular flexibility index (Phi) is 8.87. The predicted molar refractivity (Wildman–Crippen MR) is 104 cm³/mol. The van der Waals surface area contributed by atoms with Crippen LogP contribution in [-0.2, 0) is 11.2 Å². The van der Waals surface area contributed by atoms with Crippen molar-refractivity contribution in [1.29, 1.82) is 0 Å². The Hall–Kier alpha value is -2.04. The van der Waals surface area contributed by atoms with Gasteiger partial charge in [-0.3, -0.25) is 9.79 Å². The predicted octanol–water partition coefficient (Wildman–Crippen LogP) is 2.62. The van der Waals surface area contributed by atoms with Gasteiger partial charge in [0.2, 0.25) is 5.91 Å². The Morgan fingerprint density at radius 1 is 1.16 bits per heavy atom. The van der Waals surface area contributed by atoms with Crippen molar-refractivity contribution in [2.24, 2.45) is 4.99 Å². The summed E-state index contributed by atoms with van der Waals surface area (Å²) in [5, 5.41) is 9.60. The second-order valence-electron chi connectivity index (χ2n) is 6.58. The van der Waals surface area contributed by atoms with E-state index >= 15 is 0 Å². The molecule has 0 heterocycles. The number of carbonyl (C=O) groups is 1. The summed E-state index contributed by atoms with van der Waals surface area (Å²) in [7, 11) is 0. The van der Waals surface area contributed by atoms with Gasteiger partial charge in [0.05, 0.1) is 0 Å². The van der Waals surface area contributed by atoms with Crippen molar-refractivity contribution in [3.05, 3.63) is 35.9 Å². The number of rotatable bonds is 9. The summed E-state index contributed by atoms with van der Waals surface area (Å²) in [6, 6.07) is 10.9. The smallest absolute Gasteiger partial charge is 0.221 e. The van der Waals surface area contributed by atoms with Crippen molar-refractivity contribution in [1.82, 2.24) is 16.0 Å². The number of guanidine groups is 1. The van der Waals surface area contributed by atoms with E-state index in [1.165, 1.54) is 18.4 Å². The first-order valence-corrected chi connectivity index (χ1v) is 9.63. The topological polar surface area (TPSA) is 65.5 Å². The van der Waals surface area contributed by atoms with E-state index in [-0.39, 0.29) is 5.91 Å². The number of benzene rings is 1. The molecule has 5 heteroatoms. The molecular weight excluding hydrogens is 312 g/mol. The van der Waals surface area contributed by atoms with E-state index in [2.05, 4.69) is 45.2 Å². The van der Waals surface area contributed by atoms with Crippen LogP contribution in [0.1, 0.15) is 51.0 Å². The second kappa shape index (κ2) is 11.5. The Morgan fingerprint density at radius 2 is 1.92 bits per heavy atom. The van der Waals surface area contributed by atoms with Gasteiger partial charge >= 0.3 is 0 Å². The number of carbonyl (C=O) groups excluding carboxylic acids is 1. The van der Waals surface area contributed by atoms with Crippen molar-refractivity contribution >= 4 is 11.9 Å². The summed E-state index contributed by atoms with van der Waals surface area (Å²) in [4.78, 5) is 16.5. The molecule has 0 spiro atoms. The molecule has 0 aromatic heterocycles. The van der Waals surface area contributed by atoms with Gasteiger partial charge in [0.25, 0.3) is 0 Å². The second-order valence-corrected chi connectivity index (χ2v) is 6.58. The van der Waals surface area contributed by atoms with Gasteiger partial charge in [0.15, 0.2) is 5.96 Å². The zero-order valence-electron chi connectivity index (χ0n) is 15.4. The van der Waals surface area contributed by atoms with Crippen LogP contribution in [-0.4, -0.2) is 37.5 Å². The molecule has 1 aromatic rings. The molecule has 0 aliphatic heterocycles. The highest BCUT2D eigenvalue weighted by Gasteiger charge is 2.16. The molecule has 1 saturated carbocycles. The molecule has 1 aliphatic rings. The van der Waals surface area contributed by atoms with E-state index < -0.39 is 0 Å². The van der Waals surface area contributed by atoms with Crippen LogP contribution in [0, 0.1) is 0 Å². The highest BCUT2D eigenvalue weighted by molar-refractivity contribution is 5.81. The standard InChI is InChI=1S/C20H32N4O/c1-2-21-20(22-15-8-11-17-9-4-3-5-10-17)23-16-14-19(25)24-18-12-6-7-13-18/h3-5,9-10,18H,2,6-8,11-16H2,1H3,(H,24,25)(H2,21,22,23). The van der Waals surface area contributed by atoms with Gasteiger partial charge in [-0.25, -0.2) is 0 Å². The van der Waals surface area contributed by atoms with E-state index in [0.29, 0.717) is 19.0 Å². The van der Waals surface area contributed by atoms with Crippen molar-refractivity contribution in [3.8, 4) is 0 Å². The molecule has 0 unspecified atom stereocenters. The molecule has 138 valence electrons. The average Bonchev–Trinajstić information content (AvgIpc) is 3.12. The third-order valence-electron chi connectivity index (χ3n) is 4.45. The minimum Gasteiger partial charge on any atom is -0.357 e. The summed E-state index contributed by atoms with van der Waals surface area (Å²) in [5.41, 5.74) is 1.35. The highest BCUT2D eigenvalue weighted by Crippen LogP contribution is 2.17. The fourth-order valence-corrected chi connectivity index (χ4v) is 3.12. The molecule has 0 radical (unpaired) electrons. The number of nitrogens with zero attached hydrogens (tertiary/aromatic N) is 1. The fourth-order valence-electron chi connectivity index (χ4n) is 3.12. The van der Waals surface area contributed by atoms with Crippen molar-refractivity contribution in [3.63, 3.8) is 0 Å². The summed E-state index contributed by atoms with van der Waals surface area (Å²) in [5.74, 6) is 0.934. The molecule has 0 atom stereocenters. The van der Waals surface area contributed by atoms with E-state index in [4.69, 9.17) is 0 Å². The maximum Gasteiger partial charge on any atom is 0.221 e. The van der Waals surface area contributed by atoms with Crippen LogP contribution >= 0.6 is 0 Å². The Balaban J connectivity index is 1.63. The average molecular weight is 345 g/mol. The Morgan fingerprint density at radius 3 is 2.64 bits per heavy atom. The van der Waals surface area contributed by atoms with Crippen LogP contribution in [0.15, 0.2) is 35.3 Å². The Labute approximate surface area is 151 Å². The van der Waals surface area contributed by atoms with Gasteiger partial charge in [0, 0.05) is 32.1 Å². The molecule has 0 saturated heterocycles. The molecule has 1 aromatic carbocycles. The molecular formula is C20H32N4O. The quantitative estimate of drug-likeness (QED) is 0.366. The first-order chi connectivity index (χ1) is 12.3. The van der Waals surface area contributed by atoms with Crippen LogP contribution in [0.3, 0.4) is 0 Å². The van der Waals surface area contributed by atoms with Crippen LogP contribution in [0.25, 0.3) is 0 Å². The molecule has 3 N–H and O–H groups in total. The Bertz CT molecular complexity index is 524. The summed E-state index contributed by atoms with van der Waals surface area (Å²) >= 11 is 0. The third kappa shape index (κ3) is 8.05. The number of nitrogens with one attached hydrogen (secondary N) is 3. The number of hydrogen-bond acceptors (Lipinski definition) is 2. The van der Waals surface area contributed by atoms with Crippen LogP contribution in [0.2, 0.25) is 0 Å². The van der Waals surface area contributed by atoms with Crippen molar-refractivity contribution < 1.29 is 4.79 Å². The maximum atomic E-state index is 11.9. The van der Waals surface area contributed by atoms with E-state index in [9.17, 15) is 4.79 Å². The zero-order valence-corrected chi connectivity index (χ0v) is 15.4. The van der Waals surface area contributed by atoms with Crippen LogP contribution in [0.4, 0.5) is 0 Å². The first-order valence-electron chi connectivity index (χ1n) is 9.63. The van der Waals surface area contributed by atoms with Gasteiger partial charge in [-0.2, -0.15) is 0 Å². The summed E-state index contributed by atoms with van der Waals surface area (Å²) in [6.07, 6.45) is 7.28. The lowest BCUT2D eigenvalue weighted by atomic mass is 10.1. The number of hydrogen-bond donors (Lipinski definition) is 3. The summed E-state index contributed by atoms with van der Waals surface area (Å²) in [6.45, 7) is 4.26. The summed E-state index contributed by atoms with van der Waals surface area (Å²) < 4.78 is 0. The largest absolute Gasteiger partial charge is 0.357 e. The number of amides is 1. The lowest BCUT2D eigenvalue weighted by molar-refractivity contribution is -0.121. The molecule has 1 amide bonds. The minimum atomic E-state index is 0.138. The van der Waals surface area contributed by atoms with Gasteiger partial charge in [-0.05, 0) is 38.2 Å². The fraction of sp³-hybridized carbons (Fsp3) is 0.600. The molecule has 25 heavy (non-hydrogen) atoms. The lowest BCUT2D eigenvalue weighted by Gasteiger charge is -2.13.